The molecule has 0 saturated carbocycles. The molecule has 124 valence electrons. The Morgan fingerprint density at radius 1 is 1.39 bits per heavy atom. The van der Waals surface area contributed by atoms with E-state index in [0.29, 0.717) is 23.5 Å². The molecule has 0 bridgehead atoms. The number of nitrogens with zero attached hydrogens (tertiary/aromatic N) is 3. The van der Waals surface area contributed by atoms with Crippen molar-refractivity contribution >= 4 is 23.2 Å². The molecule has 2 aromatic rings. The fraction of sp³-hybridized carbons (Fsp3) is 0.467. The van der Waals surface area contributed by atoms with Crippen molar-refractivity contribution in [2.45, 2.75) is 40.2 Å². The summed E-state index contributed by atoms with van der Waals surface area (Å²) in [6.45, 7) is 6.98. The maximum atomic E-state index is 12.3. The first-order chi connectivity index (χ1) is 10.9. The lowest BCUT2D eigenvalue weighted by atomic mass is 10.2. The van der Waals surface area contributed by atoms with Crippen molar-refractivity contribution in [1.82, 2.24) is 20.1 Å². The second kappa shape index (κ2) is 7.36. The Morgan fingerprint density at radius 2 is 2.13 bits per heavy atom. The van der Waals surface area contributed by atoms with Crippen LogP contribution in [0, 0.1) is 13.8 Å². The second-order valence-electron chi connectivity index (χ2n) is 5.21. The summed E-state index contributed by atoms with van der Waals surface area (Å²) in [6, 6.07) is 0. The summed E-state index contributed by atoms with van der Waals surface area (Å²) in [7, 11) is 0. The summed E-state index contributed by atoms with van der Waals surface area (Å²) in [5, 5.41) is 18.3. The summed E-state index contributed by atoms with van der Waals surface area (Å²) in [5.74, 6) is -1.19. The molecular formula is C15H20N4O3S. The highest BCUT2D eigenvalue weighted by Gasteiger charge is 2.18. The van der Waals surface area contributed by atoms with E-state index in [0.717, 1.165) is 24.4 Å². The molecule has 0 atom stereocenters. The van der Waals surface area contributed by atoms with Gasteiger partial charge in [-0.3, -0.25) is 9.48 Å². The van der Waals surface area contributed by atoms with E-state index in [2.05, 4.69) is 22.3 Å². The van der Waals surface area contributed by atoms with Gasteiger partial charge in [-0.1, -0.05) is 6.92 Å². The molecule has 0 aliphatic carbocycles. The van der Waals surface area contributed by atoms with E-state index in [1.807, 2.05) is 18.5 Å². The number of aromatic nitrogens is 3. The van der Waals surface area contributed by atoms with Crippen molar-refractivity contribution < 1.29 is 14.7 Å². The Kier molecular flexibility index (Phi) is 5.49. The molecule has 23 heavy (non-hydrogen) atoms. The Morgan fingerprint density at radius 3 is 2.74 bits per heavy atom. The van der Waals surface area contributed by atoms with Crippen LogP contribution in [0.3, 0.4) is 0 Å². The first-order valence-corrected chi connectivity index (χ1v) is 8.31. The van der Waals surface area contributed by atoms with Crippen molar-refractivity contribution in [3.05, 3.63) is 33.0 Å². The van der Waals surface area contributed by atoms with Gasteiger partial charge in [0, 0.05) is 30.6 Å². The van der Waals surface area contributed by atoms with Gasteiger partial charge >= 0.3 is 5.97 Å². The predicted molar refractivity (Wildman–Crippen MR) is 87.1 cm³/mol. The minimum atomic E-state index is -1.04. The minimum Gasteiger partial charge on any atom is -0.476 e. The molecule has 0 aromatic carbocycles. The monoisotopic (exact) mass is 336 g/mol. The third kappa shape index (κ3) is 3.95. The van der Waals surface area contributed by atoms with Crippen molar-refractivity contribution in [2.75, 3.05) is 6.54 Å². The first-order valence-electron chi connectivity index (χ1n) is 7.44. The third-order valence-corrected chi connectivity index (χ3v) is 4.35. The van der Waals surface area contributed by atoms with E-state index in [1.54, 1.807) is 0 Å². The molecule has 7 nitrogen and oxygen atoms in total. The summed E-state index contributed by atoms with van der Waals surface area (Å²) < 4.78 is 1.85. The van der Waals surface area contributed by atoms with Gasteiger partial charge in [0.2, 0.25) is 0 Å². The number of carbonyl (C=O) groups is 2. The smallest absolute Gasteiger partial charge is 0.355 e. The van der Waals surface area contributed by atoms with Crippen LogP contribution in [-0.2, 0) is 13.0 Å². The Hall–Kier alpha value is -2.22. The highest BCUT2D eigenvalue weighted by atomic mass is 32.1. The molecule has 2 rings (SSSR count). The summed E-state index contributed by atoms with van der Waals surface area (Å²) in [4.78, 5) is 27.1. The molecule has 2 heterocycles. The summed E-state index contributed by atoms with van der Waals surface area (Å²) >= 11 is 1.28. The molecule has 1 amide bonds. The van der Waals surface area contributed by atoms with Gasteiger partial charge in [0.05, 0.1) is 16.3 Å². The standard InChI is InChI=1S/C15H20N4O3S/c1-4-7-19-10(3)13(9(2)18-19)14(20)16-6-5-12-17-11(8-23-12)15(21)22/h8H,4-7H2,1-3H3,(H,16,20)(H,21,22). The van der Waals surface area contributed by atoms with Crippen LogP contribution in [0.15, 0.2) is 5.38 Å². The number of nitrogens with one attached hydrogen (secondary N) is 1. The highest BCUT2D eigenvalue weighted by Crippen LogP contribution is 2.14. The SMILES string of the molecule is CCCn1nc(C)c(C(=O)NCCc2nc(C(=O)O)cs2)c1C. The van der Waals surface area contributed by atoms with Crippen molar-refractivity contribution in [3.8, 4) is 0 Å². The molecule has 8 heteroatoms. The zero-order chi connectivity index (χ0) is 17.0. The number of hydrogen-bond acceptors (Lipinski definition) is 5. The lowest BCUT2D eigenvalue weighted by molar-refractivity contribution is 0.0690. The first kappa shape index (κ1) is 17.1. The molecule has 0 saturated heterocycles. The van der Waals surface area contributed by atoms with Gasteiger partial charge in [-0.15, -0.1) is 11.3 Å². The van der Waals surface area contributed by atoms with Crippen LogP contribution in [0.25, 0.3) is 0 Å². The molecule has 0 unspecified atom stereocenters. The largest absolute Gasteiger partial charge is 0.476 e. The van der Waals surface area contributed by atoms with Crippen LogP contribution in [-0.4, -0.2) is 38.3 Å². The van der Waals surface area contributed by atoms with Gasteiger partial charge < -0.3 is 10.4 Å². The number of aryl methyl sites for hydroxylation is 2. The van der Waals surface area contributed by atoms with Crippen molar-refractivity contribution in [2.24, 2.45) is 0 Å². The molecule has 0 fully saturated rings. The summed E-state index contributed by atoms with van der Waals surface area (Å²) in [5.41, 5.74) is 2.24. The number of thiazole rings is 1. The number of rotatable bonds is 7. The molecule has 2 aromatic heterocycles. The van der Waals surface area contributed by atoms with Gasteiger partial charge in [-0.05, 0) is 20.3 Å². The van der Waals surface area contributed by atoms with Crippen LogP contribution in [0.4, 0.5) is 0 Å². The average Bonchev–Trinajstić information content (AvgIpc) is 3.05. The van der Waals surface area contributed by atoms with E-state index in [-0.39, 0.29) is 11.6 Å². The maximum Gasteiger partial charge on any atom is 0.355 e. The van der Waals surface area contributed by atoms with Crippen LogP contribution < -0.4 is 5.32 Å². The Bertz CT molecular complexity index is 720. The van der Waals surface area contributed by atoms with Crippen LogP contribution in [0.5, 0.6) is 0 Å². The maximum absolute atomic E-state index is 12.3. The molecular weight excluding hydrogens is 316 g/mol. The molecule has 0 aliphatic heterocycles. The Labute approximate surface area is 138 Å². The Balaban J connectivity index is 1.95. The fourth-order valence-corrected chi connectivity index (χ4v) is 3.12. The van der Waals surface area contributed by atoms with E-state index in [1.165, 1.54) is 16.7 Å². The van der Waals surface area contributed by atoms with Gasteiger partial charge in [-0.2, -0.15) is 5.10 Å². The molecule has 0 radical (unpaired) electrons. The van der Waals surface area contributed by atoms with E-state index >= 15 is 0 Å². The average molecular weight is 336 g/mol. The van der Waals surface area contributed by atoms with Crippen LogP contribution in [0.2, 0.25) is 0 Å². The number of carboxylic acid groups (broad SMARTS) is 1. The second-order valence-corrected chi connectivity index (χ2v) is 6.15. The minimum absolute atomic E-state index is 0.0452. The fourth-order valence-electron chi connectivity index (χ4n) is 2.35. The van der Waals surface area contributed by atoms with Gasteiger partial charge in [0.25, 0.3) is 5.91 Å². The van der Waals surface area contributed by atoms with Gasteiger partial charge in [0.15, 0.2) is 5.69 Å². The normalized spacial score (nSPS) is 10.7. The third-order valence-electron chi connectivity index (χ3n) is 3.44. The number of aromatic carboxylic acids is 1. The van der Waals surface area contributed by atoms with Gasteiger partial charge in [-0.25, -0.2) is 9.78 Å². The van der Waals surface area contributed by atoms with Crippen LogP contribution >= 0.6 is 11.3 Å². The topological polar surface area (TPSA) is 97.1 Å². The highest BCUT2D eigenvalue weighted by molar-refractivity contribution is 7.09. The van der Waals surface area contributed by atoms with Crippen molar-refractivity contribution in [1.29, 1.82) is 0 Å². The van der Waals surface area contributed by atoms with E-state index in [9.17, 15) is 9.59 Å². The zero-order valence-electron chi connectivity index (χ0n) is 13.4. The zero-order valence-corrected chi connectivity index (χ0v) is 14.2. The van der Waals surface area contributed by atoms with E-state index in [4.69, 9.17) is 5.11 Å². The van der Waals surface area contributed by atoms with E-state index < -0.39 is 5.97 Å². The molecule has 0 aliphatic rings. The van der Waals surface area contributed by atoms with Gasteiger partial charge in [0.1, 0.15) is 0 Å². The number of carboxylic acids is 1. The molecule has 2 N–H and O–H groups in total. The van der Waals surface area contributed by atoms with Crippen LogP contribution in [0.1, 0.15) is 50.6 Å². The molecule has 0 spiro atoms. The number of hydrogen-bond donors (Lipinski definition) is 2. The quantitative estimate of drug-likeness (QED) is 0.806. The lowest BCUT2D eigenvalue weighted by Crippen LogP contribution is -2.26. The predicted octanol–water partition coefficient (Wildman–Crippen LogP) is 2.04. The number of amides is 1. The summed E-state index contributed by atoms with van der Waals surface area (Å²) in [6.07, 6.45) is 1.46. The van der Waals surface area contributed by atoms with Crippen molar-refractivity contribution in [3.63, 3.8) is 0 Å². The lowest BCUT2D eigenvalue weighted by Gasteiger charge is -2.05. The number of carbonyl (C=O) groups excluding carboxylic acids is 1.